The molecule has 3 atom stereocenters. The zero-order chi connectivity index (χ0) is 34.7. The maximum absolute atomic E-state index is 16.2. The molecule has 1 N–H and O–H groups in total. The lowest BCUT2D eigenvalue weighted by Gasteiger charge is -2.37. The van der Waals surface area contributed by atoms with E-state index in [0.717, 1.165) is 28.2 Å². The number of ether oxygens (including phenoxy) is 3. The number of amides is 1. The van der Waals surface area contributed by atoms with Gasteiger partial charge in [0.1, 0.15) is 29.6 Å². The first-order chi connectivity index (χ1) is 24.4. The van der Waals surface area contributed by atoms with Crippen LogP contribution in [-0.2, 0) is 10.3 Å². The number of hydrogen-bond donors (Lipinski definition) is 1. The Labute approximate surface area is 289 Å². The molecule has 1 aliphatic rings. The Morgan fingerprint density at radius 2 is 1.42 bits per heavy atom. The monoisotopic (exact) mass is 669 g/mol. The van der Waals surface area contributed by atoms with E-state index in [9.17, 15) is 4.79 Å². The molecule has 2 aromatic heterocycles. The van der Waals surface area contributed by atoms with Crippen LogP contribution in [0.3, 0.4) is 0 Å². The van der Waals surface area contributed by atoms with Crippen molar-refractivity contribution in [2.24, 2.45) is 5.92 Å². The van der Waals surface area contributed by atoms with Crippen molar-refractivity contribution in [3.63, 3.8) is 0 Å². The Bertz CT molecular complexity index is 2060. The average Bonchev–Trinajstić information content (AvgIpc) is 3.72. The van der Waals surface area contributed by atoms with Crippen molar-refractivity contribution in [3.8, 4) is 11.5 Å². The second kappa shape index (κ2) is 13.9. The fraction of sp³-hybridized carbons (Fsp3) is 0.200. The van der Waals surface area contributed by atoms with E-state index in [1.807, 2.05) is 84.9 Å². The molecular weight excluding hydrogens is 633 g/mol. The lowest BCUT2D eigenvalue weighted by atomic mass is 9.79. The summed E-state index contributed by atoms with van der Waals surface area (Å²) in [5, 5.41) is 2.82. The minimum absolute atomic E-state index is 0.183. The van der Waals surface area contributed by atoms with Gasteiger partial charge in [-0.1, -0.05) is 79.4 Å². The van der Waals surface area contributed by atoms with Gasteiger partial charge < -0.3 is 24.1 Å². The molecule has 50 heavy (non-hydrogen) atoms. The molecule has 0 bridgehead atoms. The number of halogens is 1. The van der Waals surface area contributed by atoms with Crippen molar-refractivity contribution < 1.29 is 23.4 Å². The predicted molar refractivity (Wildman–Crippen MR) is 189 cm³/mol. The summed E-state index contributed by atoms with van der Waals surface area (Å²) in [6, 6.07) is 33.7. The zero-order valence-corrected chi connectivity index (χ0v) is 27.7. The Hall–Kier alpha value is -5.87. The van der Waals surface area contributed by atoms with Gasteiger partial charge in [-0.3, -0.25) is 4.79 Å². The highest BCUT2D eigenvalue weighted by atomic mass is 19.1. The number of nitrogens with one attached hydrogen (secondary N) is 1. The molecular formula is C40H36FN5O4. The summed E-state index contributed by atoms with van der Waals surface area (Å²) in [6.45, 7) is 4.57. The molecule has 0 saturated heterocycles. The van der Waals surface area contributed by atoms with E-state index in [1.165, 1.54) is 12.7 Å². The third-order valence-electron chi connectivity index (χ3n) is 9.36. The highest BCUT2D eigenvalue weighted by molar-refractivity contribution is 6.06. The highest BCUT2D eigenvalue weighted by Gasteiger charge is 2.44. The van der Waals surface area contributed by atoms with Gasteiger partial charge in [0.15, 0.2) is 17.0 Å². The lowest BCUT2D eigenvalue weighted by molar-refractivity contribution is -0.00273. The van der Waals surface area contributed by atoms with E-state index in [2.05, 4.69) is 26.8 Å². The zero-order valence-electron chi connectivity index (χ0n) is 27.7. The molecule has 9 nitrogen and oxygen atoms in total. The summed E-state index contributed by atoms with van der Waals surface area (Å²) in [4.78, 5) is 26.1. The molecule has 1 aliphatic carbocycles. The number of methoxy groups -OCH3 is 2. The summed E-state index contributed by atoms with van der Waals surface area (Å²) in [7, 11) is 3.26. The molecule has 0 aliphatic heterocycles. The first-order valence-corrected chi connectivity index (χ1v) is 16.3. The molecule has 1 fully saturated rings. The Kier molecular flexibility index (Phi) is 9.10. The van der Waals surface area contributed by atoms with Crippen molar-refractivity contribution in [1.29, 1.82) is 0 Å². The van der Waals surface area contributed by atoms with Gasteiger partial charge in [0, 0.05) is 11.5 Å². The Morgan fingerprint density at radius 1 is 0.840 bits per heavy atom. The number of hydrogen-bond acceptors (Lipinski definition) is 7. The lowest BCUT2D eigenvalue weighted by Crippen LogP contribution is -2.34. The summed E-state index contributed by atoms with van der Waals surface area (Å²) >= 11 is 0. The molecule has 2 heterocycles. The van der Waals surface area contributed by atoms with Crippen molar-refractivity contribution in [2.75, 3.05) is 26.1 Å². The van der Waals surface area contributed by atoms with Gasteiger partial charge in [0.2, 0.25) is 0 Å². The van der Waals surface area contributed by atoms with Gasteiger partial charge >= 0.3 is 0 Å². The first-order valence-electron chi connectivity index (χ1n) is 16.3. The minimum atomic E-state index is -1.28. The van der Waals surface area contributed by atoms with E-state index in [4.69, 9.17) is 14.2 Å². The van der Waals surface area contributed by atoms with Crippen LogP contribution in [0, 0.1) is 5.92 Å². The van der Waals surface area contributed by atoms with Gasteiger partial charge in [0.05, 0.1) is 33.2 Å². The van der Waals surface area contributed by atoms with Crippen LogP contribution in [0.2, 0.25) is 0 Å². The molecule has 4 aromatic carbocycles. The number of benzene rings is 4. The number of aromatic nitrogens is 4. The van der Waals surface area contributed by atoms with Crippen LogP contribution in [0.4, 0.5) is 10.2 Å². The van der Waals surface area contributed by atoms with Gasteiger partial charge in [0.25, 0.3) is 5.91 Å². The third-order valence-corrected chi connectivity index (χ3v) is 9.36. The van der Waals surface area contributed by atoms with E-state index in [1.54, 1.807) is 43.1 Å². The van der Waals surface area contributed by atoms with Crippen molar-refractivity contribution >= 4 is 22.9 Å². The number of anilines is 1. The Balaban J connectivity index is 1.21. The van der Waals surface area contributed by atoms with Gasteiger partial charge in [-0.25, -0.2) is 19.3 Å². The number of rotatable bonds is 11. The van der Waals surface area contributed by atoms with Gasteiger partial charge in [-0.2, -0.15) is 0 Å². The van der Waals surface area contributed by atoms with Crippen molar-refractivity contribution in [2.45, 2.75) is 24.2 Å². The van der Waals surface area contributed by atoms with E-state index in [-0.39, 0.29) is 30.7 Å². The normalized spacial score (nSPS) is 17.5. The van der Waals surface area contributed by atoms with Crippen LogP contribution in [-0.4, -0.2) is 52.4 Å². The quantitative estimate of drug-likeness (QED) is 0.112. The van der Waals surface area contributed by atoms with E-state index < -0.39 is 17.8 Å². The predicted octanol–water partition coefficient (Wildman–Crippen LogP) is 7.56. The second-order valence-electron chi connectivity index (χ2n) is 12.2. The van der Waals surface area contributed by atoms with Gasteiger partial charge in [-0.15, -0.1) is 0 Å². The maximum Gasteiger partial charge on any atom is 0.256 e. The smallest absolute Gasteiger partial charge is 0.256 e. The second-order valence-corrected chi connectivity index (χ2v) is 12.2. The average molecular weight is 670 g/mol. The topological polar surface area (TPSA) is 100 Å². The molecule has 1 amide bonds. The number of nitrogens with zero attached hydrogens (tertiary/aromatic N) is 4. The number of carbonyl (C=O) groups excluding carboxylic acids is 1. The van der Waals surface area contributed by atoms with E-state index >= 15 is 4.39 Å². The third kappa shape index (κ3) is 5.98. The fourth-order valence-electron chi connectivity index (χ4n) is 6.77. The molecule has 0 radical (unpaired) electrons. The first kappa shape index (κ1) is 32.7. The highest BCUT2D eigenvalue weighted by Crippen LogP contribution is 2.46. The number of alkyl halides is 1. The van der Waals surface area contributed by atoms with Crippen molar-refractivity contribution in [3.05, 3.63) is 156 Å². The van der Waals surface area contributed by atoms with Crippen LogP contribution in [0.25, 0.3) is 11.2 Å². The largest absolute Gasteiger partial charge is 0.497 e. The van der Waals surface area contributed by atoms with E-state index in [0.29, 0.717) is 22.3 Å². The molecule has 10 heteroatoms. The molecule has 1 saturated carbocycles. The SMILES string of the molecule is C=C1[C@H](COC(c2ccccc2)(c2ccc(OC)cc2)c2ccc(OC)cc2)CC(F)[C@@H]1n1cnc2c(NC(=O)c3ccccc3)ncnc21. The Morgan fingerprint density at radius 3 is 2.02 bits per heavy atom. The van der Waals surface area contributed by atoms with Gasteiger partial charge in [-0.05, 0) is 65.1 Å². The van der Waals surface area contributed by atoms with Crippen LogP contribution in [0.1, 0.15) is 39.5 Å². The summed E-state index contributed by atoms with van der Waals surface area (Å²) in [6.07, 6.45) is 1.79. The number of fused-ring (bicyclic) bond motifs is 1. The van der Waals surface area contributed by atoms with Crippen molar-refractivity contribution in [1.82, 2.24) is 19.5 Å². The summed E-state index contributed by atoms with van der Waals surface area (Å²) in [5.74, 6) is 1.02. The van der Waals surface area contributed by atoms with Crippen LogP contribution in [0.5, 0.6) is 11.5 Å². The number of imidazole rings is 1. The molecule has 252 valence electrons. The summed E-state index contributed by atoms with van der Waals surface area (Å²) in [5.41, 5.74) is 3.53. The maximum atomic E-state index is 16.2. The van der Waals surface area contributed by atoms with Crippen LogP contribution < -0.4 is 14.8 Å². The molecule has 0 spiro atoms. The molecule has 6 aromatic rings. The molecule has 1 unspecified atom stereocenters. The standard InChI is InChI=1S/C40H36FN5O4/c1-26-28(22-34(41)36(26)46-25-44-35-37(42-24-43-38(35)46)45-39(47)27-10-6-4-7-11-27)23-50-40(29-12-8-5-9-13-29,30-14-18-32(48-2)19-15-30)31-16-20-33(49-3)21-17-31/h4-21,24-25,28,34,36H,1,22-23H2,2-3H3,(H,42,43,45,47)/t28-,34?,36+/m0/s1. The fourth-order valence-corrected chi connectivity index (χ4v) is 6.77. The summed E-state index contributed by atoms with van der Waals surface area (Å²) < 4.78 is 35.9. The minimum Gasteiger partial charge on any atom is -0.497 e. The molecule has 7 rings (SSSR count). The van der Waals surface area contributed by atoms with Crippen LogP contribution >= 0.6 is 0 Å². The number of carbonyl (C=O) groups is 1. The van der Waals surface area contributed by atoms with Crippen LogP contribution in [0.15, 0.2) is 134 Å².